The summed E-state index contributed by atoms with van der Waals surface area (Å²) < 4.78 is 0. The molecule has 0 saturated carbocycles. The lowest BCUT2D eigenvalue weighted by Crippen LogP contribution is -2.42. The van der Waals surface area contributed by atoms with Gasteiger partial charge in [-0.05, 0) is 32.5 Å². The second-order valence-electron chi connectivity index (χ2n) is 4.94. The Hall–Kier alpha value is -1.88. The van der Waals surface area contributed by atoms with Crippen LogP contribution in [0.2, 0.25) is 0 Å². The second-order valence-corrected chi connectivity index (χ2v) is 4.94. The van der Waals surface area contributed by atoms with Gasteiger partial charge in [-0.15, -0.1) is 0 Å². The number of aliphatic carboxylic acids is 1. The highest BCUT2D eigenvalue weighted by Gasteiger charge is 2.35. The van der Waals surface area contributed by atoms with Crippen LogP contribution < -0.4 is 4.90 Å². The molecule has 1 atom stereocenters. The first-order chi connectivity index (χ1) is 8.99. The average Bonchev–Trinajstić information content (AvgIpc) is 2.71. The van der Waals surface area contributed by atoms with Gasteiger partial charge in [0.1, 0.15) is 0 Å². The zero-order chi connectivity index (χ0) is 14.0. The van der Waals surface area contributed by atoms with Gasteiger partial charge in [-0.2, -0.15) is 0 Å². The Balaban J connectivity index is 2.09. The molecule has 5 heteroatoms. The number of hydrogen-bond donors (Lipinski definition) is 1. The third-order valence-electron chi connectivity index (χ3n) is 3.44. The first-order valence-corrected chi connectivity index (χ1v) is 6.29. The molecule has 102 valence electrons. The molecule has 0 aliphatic carbocycles. The third-order valence-corrected chi connectivity index (χ3v) is 3.44. The SMILES string of the molecule is Cc1ccc(N2CCC(N(C)CC(=O)O)C2=O)cc1. The maximum atomic E-state index is 12.3. The number of likely N-dealkylation sites (N-methyl/N-ethyl adjacent to an activating group) is 1. The van der Waals surface area contributed by atoms with E-state index in [1.165, 1.54) is 0 Å². The van der Waals surface area contributed by atoms with Crippen LogP contribution >= 0.6 is 0 Å². The van der Waals surface area contributed by atoms with Crippen molar-refractivity contribution in [1.29, 1.82) is 0 Å². The number of carboxylic acid groups (broad SMARTS) is 1. The lowest BCUT2D eigenvalue weighted by molar-refractivity contribution is -0.138. The number of carbonyl (C=O) groups excluding carboxylic acids is 1. The Bertz CT molecular complexity index is 484. The van der Waals surface area contributed by atoms with E-state index < -0.39 is 5.97 Å². The van der Waals surface area contributed by atoms with Gasteiger partial charge in [-0.25, -0.2) is 0 Å². The number of carboxylic acids is 1. The number of benzene rings is 1. The summed E-state index contributed by atoms with van der Waals surface area (Å²) in [4.78, 5) is 26.3. The Labute approximate surface area is 112 Å². The molecule has 1 fully saturated rings. The van der Waals surface area contributed by atoms with Crippen LogP contribution in [0, 0.1) is 6.92 Å². The minimum absolute atomic E-state index is 0.0207. The van der Waals surface area contributed by atoms with E-state index >= 15 is 0 Å². The highest BCUT2D eigenvalue weighted by molar-refractivity contribution is 5.99. The van der Waals surface area contributed by atoms with Crippen molar-refractivity contribution in [3.63, 3.8) is 0 Å². The molecule has 1 amide bonds. The molecule has 1 aromatic rings. The molecule has 1 N–H and O–H groups in total. The van der Waals surface area contributed by atoms with E-state index in [2.05, 4.69) is 0 Å². The molecule has 19 heavy (non-hydrogen) atoms. The fourth-order valence-electron chi connectivity index (χ4n) is 2.38. The molecule has 1 aliphatic heterocycles. The predicted octanol–water partition coefficient (Wildman–Crippen LogP) is 1.12. The Morgan fingerprint density at radius 3 is 2.63 bits per heavy atom. The molecule has 0 bridgehead atoms. The number of amides is 1. The summed E-state index contributed by atoms with van der Waals surface area (Å²) in [6.07, 6.45) is 0.663. The monoisotopic (exact) mass is 262 g/mol. The van der Waals surface area contributed by atoms with Crippen LogP contribution in [0.1, 0.15) is 12.0 Å². The maximum absolute atomic E-state index is 12.3. The van der Waals surface area contributed by atoms with Crippen molar-refractivity contribution in [3.05, 3.63) is 29.8 Å². The van der Waals surface area contributed by atoms with Gasteiger partial charge >= 0.3 is 5.97 Å². The Morgan fingerprint density at radius 2 is 2.05 bits per heavy atom. The number of rotatable bonds is 4. The highest BCUT2D eigenvalue weighted by atomic mass is 16.4. The van der Waals surface area contributed by atoms with E-state index in [0.29, 0.717) is 13.0 Å². The van der Waals surface area contributed by atoms with Gasteiger partial charge in [-0.1, -0.05) is 17.7 Å². The van der Waals surface area contributed by atoms with E-state index in [4.69, 9.17) is 5.11 Å². The zero-order valence-electron chi connectivity index (χ0n) is 11.2. The van der Waals surface area contributed by atoms with Crippen molar-refractivity contribution < 1.29 is 14.7 Å². The fraction of sp³-hybridized carbons (Fsp3) is 0.429. The first-order valence-electron chi connectivity index (χ1n) is 6.29. The van der Waals surface area contributed by atoms with Crippen molar-refractivity contribution in [2.75, 3.05) is 25.0 Å². The number of carbonyl (C=O) groups is 2. The van der Waals surface area contributed by atoms with Crippen molar-refractivity contribution >= 4 is 17.6 Å². The fourth-order valence-corrected chi connectivity index (χ4v) is 2.38. The molecule has 1 aromatic carbocycles. The predicted molar refractivity (Wildman–Crippen MR) is 72.2 cm³/mol. The molecule has 1 heterocycles. The number of anilines is 1. The van der Waals surface area contributed by atoms with E-state index in [9.17, 15) is 9.59 Å². The molecule has 0 radical (unpaired) electrons. The van der Waals surface area contributed by atoms with Crippen LogP contribution in [-0.4, -0.2) is 48.1 Å². The maximum Gasteiger partial charge on any atom is 0.317 e. The van der Waals surface area contributed by atoms with E-state index in [-0.39, 0.29) is 18.5 Å². The van der Waals surface area contributed by atoms with Gasteiger partial charge in [0.15, 0.2) is 0 Å². The molecular weight excluding hydrogens is 244 g/mol. The van der Waals surface area contributed by atoms with Gasteiger partial charge in [-0.3, -0.25) is 14.5 Å². The summed E-state index contributed by atoms with van der Waals surface area (Å²) in [5.74, 6) is -0.934. The van der Waals surface area contributed by atoms with Gasteiger partial charge < -0.3 is 10.0 Å². The van der Waals surface area contributed by atoms with E-state index in [1.54, 1.807) is 16.8 Å². The van der Waals surface area contributed by atoms with Gasteiger partial charge in [0.2, 0.25) is 5.91 Å². The third kappa shape index (κ3) is 2.93. The zero-order valence-corrected chi connectivity index (χ0v) is 11.2. The van der Waals surface area contributed by atoms with E-state index in [1.807, 2.05) is 31.2 Å². The molecule has 2 rings (SSSR count). The van der Waals surface area contributed by atoms with Gasteiger partial charge in [0.25, 0.3) is 0 Å². The smallest absolute Gasteiger partial charge is 0.317 e. The Morgan fingerprint density at radius 1 is 1.42 bits per heavy atom. The normalized spacial score (nSPS) is 19.2. The summed E-state index contributed by atoms with van der Waals surface area (Å²) in [5, 5.41) is 8.78. The average molecular weight is 262 g/mol. The van der Waals surface area contributed by atoms with Gasteiger partial charge in [0.05, 0.1) is 12.6 Å². The molecular formula is C14H18N2O3. The van der Waals surface area contributed by atoms with Crippen molar-refractivity contribution in [2.45, 2.75) is 19.4 Å². The summed E-state index contributed by atoms with van der Waals surface area (Å²) in [6.45, 7) is 2.52. The number of aryl methyl sites for hydroxylation is 1. The van der Waals surface area contributed by atoms with Crippen LogP contribution in [0.3, 0.4) is 0 Å². The van der Waals surface area contributed by atoms with Crippen LogP contribution in [0.4, 0.5) is 5.69 Å². The lowest BCUT2D eigenvalue weighted by atomic mass is 10.2. The minimum Gasteiger partial charge on any atom is -0.480 e. The summed E-state index contributed by atoms with van der Waals surface area (Å²) in [6, 6.07) is 7.45. The molecule has 1 saturated heterocycles. The summed E-state index contributed by atoms with van der Waals surface area (Å²) in [7, 11) is 1.68. The van der Waals surface area contributed by atoms with Crippen LogP contribution in [0.15, 0.2) is 24.3 Å². The summed E-state index contributed by atoms with van der Waals surface area (Å²) >= 11 is 0. The minimum atomic E-state index is -0.913. The Kier molecular flexibility index (Phi) is 3.85. The van der Waals surface area contributed by atoms with Crippen molar-refractivity contribution in [2.24, 2.45) is 0 Å². The standard InChI is InChI=1S/C14H18N2O3/c1-10-3-5-11(6-4-10)16-8-7-12(14(16)19)15(2)9-13(17)18/h3-6,12H,7-9H2,1-2H3,(H,17,18). The van der Waals surface area contributed by atoms with Crippen molar-refractivity contribution in [1.82, 2.24) is 4.90 Å². The number of hydrogen-bond acceptors (Lipinski definition) is 3. The van der Waals surface area contributed by atoms with Crippen molar-refractivity contribution in [3.8, 4) is 0 Å². The highest BCUT2D eigenvalue weighted by Crippen LogP contribution is 2.24. The van der Waals surface area contributed by atoms with Crippen LogP contribution in [0.5, 0.6) is 0 Å². The quantitative estimate of drug-likeness (QED) is 0.883. The molecule has 5 nitrogen and oxygen atoms in total. The lowest BCUT2D eigenvalue weighted by Gasteiger charge is -2.22. The van der Waals surface area contributed by atoms with Gasteiger partial charge in [0, 0.05) is 12.2 Å². The largest absolute Gasteiger partial charge is 0.480 e. The topological polar surface area (TPSA) is 60.9 Å². The molecule has 0 spiro atoms. The summed E-state index contributed by atoms with van der Waals surface area (Å²) in [5.41, 5.74) is 2.02. The molecule has 1 unspecified atom stereocenters. The first kappa shape index (κ1) is 13.5. The van der Waals surface area contributed by atoms with E-state index in [0.717, 1.165) is 11.3 Å². The second kappa shape index (κ2) is 5.40. The number of nitrogens with zero attached hydrogens (tertiary/aromatic N) is 2. The molecule has 1 aliphatic rings. The van der Waals surface area contributed by atoms with Crippen LogP contribution in [-0.2, 0) is 9.59 Å². The molecule has 0 aromatic heterocycles. The van der Waals surface area contributed by atoms with Crippen LogP contribution in [0.25, 0.3) is 0 Å².